The van der Waals surface area contributed by atoms with E-state index in [-0.39, 0.29) is 0 Å². The molecule has 1 rings (SSSR count). The zero-order valence-corrected chi connectivity index (χ0v) is 11.5. The number of pyridine rings is 1. The third-order valence-electron chi connectivity index (χ3n) is 2.23. The Morgan fingerprint density at radius 1 is 1.44 bits per heavy atom. The number of methoxy groups -OCH3 is 1. The zero-order chi connectivity index (χ0) is 13.8. The standard InChI is InChI=1S/C13H20N2O3/c1-9-6-11(17-5)14-7-10(9)8-15-12(16)18-13(2,3)4/h6-7H,8H2,1-5H3,(H,15,16). The summed E-state index contributed by atoms with van der Waals surface area (Å²) in [6.07, 6.45) is 1.25. The SMILES string of the molecule is COc1cc(C)c(CNC(=O)OC(C)(C)C)cn1. The molecule has 5 nitrogen and oxygen atoms in total. The molecule has 0 aliphatic heterocycles. The van der Waals surface area contributed by atoms with E-state index in [0.29, 0.717) is 12.4 Å². The Kier molecular flexibility index (Phi) is 4.53. The van der Waals surface area contributed by atoms with Crippen molar-refractivity contribution in [1.29, 1.82) is 0 Å². The van der Waals surface area contributed by atoms with Gasteiger partial charge in [0.2, 0.25) is 5.88 Å². The Balaban J connectivity index is 2.56. The average molecular weight is 252 g/mol. The van der Waals surface area contributed by atoms with Gasteiger partial charge in [-0.15, -0.1) is 0 Å². The van der Waals surface area contributed by atoms with Crippen molar-refractivity contribution >= 4 is 6.09 Å². The van der Waals surface area contributed by atoms with Gasteiger partial charge in [-0.25, -0.2) is 9.78 Å². The molecule has 100 valence electrons. The molecule has 0 bridgehead atoms. The van der Waals surface area contributed by atoms with Crippen molar-refractivity contribution in [2.45, 2.75) is 39.8 Å². The summed E-state index contributed by atoms with van der Waals surface area (Å²) in [5, 5.41) is 2.69. The third kappa shape index (κ3) is 4.61. The first-order chi connectivity index (χ1) is 8.31. The van der Waals surface area contributed by atoms with Crippen LogP contribution in [0.15, 0.2) is 12.3 Å². The van der Waals surface area contributed by atoms with Crippen LogP contribution < -0.4 is 10.1 Å². The van der Waals surface area contributed by atoms with Gasteiger partial charge in [-0.3, -0.25) is 0 Å². The largest absolute Gasteiger partial charge is 0.481 e. The molecule has 0 fully saturated rings. The number of aromatic nitrogens is 1. The maximum absolute atomic E-state index is 11.5. The van der Waals surface area contributed by atoms with Crippen molar-refractivity contribution in [3.05, 3.63) is 23.4 Å². The van der Waals surface area contributed by atoms with Gasteiger partial charge >= 0.3 is 6.09 Å². The minimum Gasteiger partial charge on any atom is -0.481 e. The summed E-state index contributed by atoms with van der Waals surface area (Å²) in [5.74, 6) is 0.563. The predicted octanol–water partition coefficient (Wildman–Crippen LogP) is 2.42. The molecule has 0 aromatic carbocycles. The quantitative estimate of drug-likeness (QED) is 0.897. The summed E-state index contributed by atoms with van der Waals surface area (Å²) in [5.41, 5.74) is 1.46. The zero-order valence-electron chi connectivity index (χ0n) is 11.5. The van der Waals surface area contributed by atoms with Gasteiger partial charge in [-0.1, -0.05) is 0 Å². The molecule has 0 saturated heterocycles. The number of rotatable bonds is 3. The normalized spacial score (nSPS) is 10.9. The van der Waals surface area contributed by atoms with Crippen molar-refractivity contribution in [1.82, 2.24) is 10.3 Å². The van der Waals surface area contributed by atoms with Crippen LogP contribution in [0.5, 0.6) is 5.88 Å². The Labute approximate surface area is 108 Å². The minimum absolute atomic E-state index is 0.387. The molecule has 0 aliphatic rings. The van der Waals surface area contributed by atoms with Crippen molar-refractivity contribution in [2.24, 2.45) is 0 Å². The Morgan fingerprint density at radius 2 is 2.11 bits per heavy atom. The van der Waals surface area contributed by atoms with Crippen LogP contribution in [0.25, 0.3) is 0 Å². The second kappa shape index (κ2) is 5.71. The molecule has 1 heterocycles. The summed E-state index contributed by atoms with van der Waals surface area (Å²) >= 11 is 0. The fraction of sp³-hybridized carbons (Fsp3) is 0.538. The first-order valence-corrected chi connectivity index (χ1v) is 5.78. The first kappa shape index (κ1) is 14.3. The van der Waals surface area contributed by atoms with Crippen molar-refractivity contribution in [2.75, 3.05) is 7.11 Å². The number of carbonyl (C=O) groups is 1. The number of nitrogens with one attached hydrogen (secondary N) is 1. The van der Waals surface area contributed by atoms with Crippen molar-refractivity contribution in [3.8, 4) is 5.88 Å². The van der Waals surface area contributed by atoms with Crippen LogP contribution >= 0.6 is 0 Å². The van der Waals surface area contributed by atoms with Crippen LogP contribution in [-0.2, 0) is 11.3 Å². The van der Waals surface area contributed by atoms with Crippen LogP contribution in [0, 0.1) is 6.92 Å². The predicted molar refractivity (Wildman–Crippen MR) is 68.6 cm³/mol. The van der Waals surface area contributed by atoms with Gasteiger partial charge < -0.3 is 14.8 Å². The van der Waals surface area contributed by atoms with E-state index in [4.69, 9.17) is 9.47 Å². The molecule has 1 N–H and O–H groups in total. The van der Waals surface area contributed by atoms with Crippen LogP contribution in [0.4, 0.5) is 4.79 Å². The van der Waals surface area contributed by atoms with Gasteiger partial charge in [0.1, 0.15) is 5.60 Å². The van der Waals surface area contributed by atoms with E-state index >= 15 is 0 Å². The molecule has 1 aromatic rings. The first-order valence-electron chi connectivity index (χ1n) is 5.78. The Morgan fingerprint density at radius 3 is 2.61 bits per heavy atom. The average Bonchev–Trinajstić information content (AvgIpc) is 2.25. The third-order valence-corrected chi connectivity index (χ3v) is 2.23. The molecule has 0 spiro atoms. The highest BCUT2D eigenvalue weighted by molar-refractivity contribution is 5.67. The van der Waals surface area contributed by atoms with Crippen LogP contribution in [0.2, 0.25) is 0 Å². The van der Waals surface area contributed by atoms with Gasteiger partial charge in [-0.05, 0) is 38.8 Å². The molecule has 1 aromatic heterocycles. The number of ether oxygens (including phenoxy) is 2. The van der Waals surface area contributed by atoms with Gasteiger partial charge in [0.25, 0.3) is 0 Å². The molecule has 18 heavy (non-hydrogen) atoms. The number of alkyl carbamates (subject to hydrolysis) is 1. The number of hydrogen-bond donors (Lipinski definition) is 1. The van der Waals surface area contributed by atoms with E-state index in [1.165, 1.54) is 0 Å². The summed E-state index contributed by atoms with van der Waals surface area (Å²) in [6, 6.07) is 1.83. The Hall–Kier alpha value is -1.78. The molecule has 0 radical (unpaired) electrons. The van der Waals surface area contributed by atoms with E-state index in [0.717, 1.165) is 11.1 Å². The van der Waals surface area contributed by atoms with E-state index in [1.807, 2.05) is 33.8 Å². The molecular weight excluding hydrogens is 232 g/mol. The van der Waals surface area contributed by atoms with Crippen molar-refractivity contribution in [3.63, 3.8) is 0 Å². The fourth-order valence-corrected chi connectivity index (χ4v) is 1.34. The lowest BCUT2D eigenvalue weighted by molar-refractivity contribution is 0.0523. The monoisotopic (exact) mass is 252 g/mol. The molecule has 0 aliphatic carbocycles. The van der Waals surface area contributed by atoms with Gasteiger partial charge in [-0.2, -0.15) is 0 Å². The smallest absolute Gasteiger partial charge is 0.407 e. The van der Waals surface area contributed by atoms with E-state index in [1.54, 1.807) is 13.3 Å². The number of amides is 1. The van der Waals surface area contributed by atoms with E-state index in [9.17, 15) is 4.79 Å². The lowest BCUT2D eigenvalue weighted by Crippen LogP contribution is -2.32. The minimum atomic E-state index is -0.489. The Bertz CT molecular complexity index is 425. The maximum Gasteiger partial charge on any atom is 0.407 e. The molecule has 0 atom stereocenters. The number of aryl methyl sites for hydroxylation is 1. The van der Waals surface area contributed by atoms with E-state index in [2.05, 4.69) is 10.3 Å². The van der Waals surface area contributed by atoms with Crippen LogP contribution in [-0.4, -0.2) is 23.8 Å². The molecule has 1 amide bonds. The lowest BCUT2D eigenvalue weighted by atomic mass is 10.1. The molecule has 0 unspecified atom stereocenters. The molecule has 0 saturated carbocycles. The second-order valence-electron chi connectivity index (χ2n) is 5.01. The summed E-state index contributed by atoms with van der Waals surface area (Å²) in [7, 11) is 1.57. The second-order valence-corrected chi connectivity index (χ2v) is 5.01. The number of hydrogen-bond acceptors (Lipinski definition) is 4. The van der Waals surface area contributed by atoms with Crippen LogP contribution in [0.3, 0.4) is 0 Å². The highest BCUT2D eigenvalue weighted by atomic mass is 16.6. The molecule has 5 heteroatoms. The number of nitrogens with zero attached hydrogens (tertiary/aromatic N) is 1. The summed E-state index contributed by atoms with van der Waals surface area (Å²) in [4.78, 5) is 15.6. The van der Waals surface area contributed by atoms with Crippen molar-refractivity contribution < 1.29 is 14.3 Å². The fourth-order valence-electron chi connectivity index (χ4n) is 1.34. The summed E-state index contributed by atoms with van der Waals surface area (Å²) in [6.45, 7) is 7.81. The van der Waals surface area contributed by atoms with Crippen LogP contribution in [0.1, 0.15) is 31.9 Å². The van der Waals surface area contributed by atoms with Gasteiger partial charge in [0.15, 0.2) is 0 Å². The summed E-state index contributed by atoms with van der Waals surface area (Å²) < 4.78 is 10.2. The number of carbonyl (C=O) groups excluding carboxylic acids is 1. The van der Waals surface area contributed by atoms with E-state index < -0.39 is 11.7 Å². The lowest BCUT2D eigenvalue weighted by Gasteiger charge is -2.19. The maximum atomic E-state index is 11.5. The molecular formula is C13H20N2O3. The highest BCUT2D eigenvalue weighted by Gasteiger charge is 2.15. The highest BCUT2D eigenvalue weighted by Crippen LogP contribution is 2.13. The topological polar surface area (TPSA) is 60.5 Å². The van der Waals surface area contributed by atoms with Gasteiger partial charge in [0.05, 0.1) is 7.11 Å². The van der Waals surface area contributed by atoms with Gasteiger partial charge in [0, 0.05) is 18.8 Å².